The van der Waals surface area contributed by atoms with Crippen molar-refractivity contribution in [1.29, 1.82) is 0 Å². The smallest absolute Gasteiger partial charge is 0.337 e. The Hall–Kier alpha value is -4.39. The van der Waals surface area contributed by atoms with E-state index in [0.29, 0.717) is 29.2 Å². The summed E-state index contributed by atoms with van der Waals surface area (Å²) < 4.78 is 10.4. The van der Waals surface area contributed by atoms with Gasteiger partial charge in [-0.3, -0.25) is 14.5 Å². The van der Waals surface area contributed by atoms with Crippen LogP contribution >= 0.6 is 0 Å². The number of anilines is 1. The van der Waals surface area contributed by atoms with E-state index in [1.54, 1.807) is 42.5 Å². The van der Waals surface area contributed by atoms with Crippen LogP contribution in [0, 0.1) is 0 Å². The number of carbonyl (C=O) groups excluding carboxylic acids is 3. The summed E-state index contributed by atoms with van der Waals surface area (Å²) in [6, 6.07) is 19.7. The molecule has 4 rings (SSSR count). The minimum absolute atomic E-state index is 0.0404. The minimum atomic E-state index is -0.903. The molecule has 1 aliphatic rings. The number of hydrogen-bond donors (Lipinski definition) is 1. The van der Waals surface area contributed by atoms with Crippen LogP contribution in [0.15, 0.2) is 78.4 Å². The number of methoxy groups -OCH3 is 1. The lowest BCUT2D eigenvalue weighted by molar-refractivity contribution is -0.132. The average molecular weight is 486 g/mol. The first kappa shape index (κ1) is 24.7. The summed E-state index contributed by atoms with van der Waals surface area (Å²) in [5.74, 6) is -1.95. The van der Waals surface area contributed by atoms with E-state index in [2.05, 4.69) is 0 Å². The number of amides is 1. The fraction of sp³-hybridized carbons (Fsp3) is 0.207. The van der Waals surface area contributed by atoms with E-state index >= 15 is 0 Å². The summed E-state index contributed by atoms with van der Waals surface area (Å²) >= 11 is 0. The van der Waals surface area contributed by atoms with Crippen molar-refractivity contribution in [2.24, 2.45) is 0 Å². The lowest BCUT2D eigenvalue weighted by atomic mass is 9.94. The van der Waals surface area contributed by atoms with Gasteiger partial charge < -0.3 is 14.6 Å². The molecule has 7 nitrogen and oxygen atoms in total. The number of esters is 1. The number of nitrogens with zero attached hydrogens (tertiary/aromatic N) is 1. The van der Waals surface area contributed by atoms with Gasteiger partial charge >= 0.3 is 5.97 Å². The van der Waals surface area contributed by atoms with Crippen LogP contribution in [-0.2, 0) is 20.7 Å². The molecule has 0 saturated carbocycles. The molecule has 3 aromatic rings. The quantitative estimate of drug-likeness (QED) is 0.218. The standard InChI is InChI=1S/C29H27NO6/c1-4-18-12-14-19(15-13-18)25-24(26(31)20-8-7-11-23(17-20)36-5-2)27(32)28(33)30(25)22-10-6-9-21(16-22)29(34)35-3/h6-17,25,31H,4-5H2,1-3H3/b26-24+. The second-order valence-electron chi connectivity index (χ2n) is 8.27. The molecule has 0 aliphatic carbocycles. The van der Waals surface area contributed by atoms with Crippen molar-refractivity contribution < 1.29 is 29.0 Å². The van der Waals surface area contributed by atoms with Crippen molar-refractivity contribution in [3.63, 3.8) is 0 Å². The molecule has 0 bridgehead atoms. The maximum absolute atomic E-state index is 13.4. The highest BCUT2D eigenvalue weighted by atomic mass is 16.5. The van der Waals surface area contributed by atoms with Crippen molar-refractivity contribution in [3.8, 4) is 5.75 Å². The van der Waals surface area contributed by atoms with Crippen LogP contribution in [0.25, 0.3) is 5.76 Å². The average Bonchev–Trinajstić information content (AvgIpc) is 3.18. The highest BCUT2D eigenvalue weighted by Crippen LogP contribution is 2.42. The first-order valence-electron chi connectivity index (χ1n) is 11.7. The lowest BCUT2D eigenvalue weighted by Crippen LogP contribution is -2.29. The molecule has 0 aromatic heterocycles. The molecule has 1 unspecified atom stereocenters. The molecule has 7 heteroatoms. The number of benzene rings is 3. The van der Waals surface area contributed by atoms with Crippen molar-refractivity contribution in [2.75, 3.05) is 18.6 Å². The van der Waals surface area contributed by atoms with Gasteiger partial charge in [0, 0.05) is 11.3 Å². The van der Waals surface area contributed by atoms with E-state index in [4.69, 9.17) is 9.47 Å². The van der Waals surface area contributed by atoms with E-state index in [1.807, 2.05) is 38.1 Å². The summed E-state index contributed by atoms with van der Waals surface area (Å²) in [6.45, 7) is 4.32. The van der Waals surface area contributed by atoms with Crippen LogP contribution in [0.1, 0.15) is 46.9 Å². The molecule has 0 radical (unpaired) electrons. The van der Waals surface area contributed by atoms with Gasteiger partial charge in [-0.25, -0.2) is 4.79 Å². The van der Waals surface area contributed by atoms with Crippen LogP contribution in [0.3, 0.4) is 0 Å². The molecule has 1 N–H and O–H groups in total. The number of aryl methyl sites for hydroxylation is 1. The predicted molar refractivity (Wildman–Crippen MR) is 136 cm³/mol. The molecule has 1 heterocycles. The third-order valence-electron chi connectivity index (χ3n) is 6.11. The van der Waals surface area contributed by atoms with Crippen molar-refractivity contribution in [3.05, 3.63) is 101 Å². The van der Waals surface area contributed by atoms with E-state index in [1.165, 1.54) is 18.1 Å². The number of aliphatic hydroxyl groups is 1. The zero-order valence-corrected chi connectivity index (χ0v) is 20.4. The fourth-order valence-corrected chi connectivity index (χ4v) is 4.31. The maximum atomic E-state index is 13.4. The number of ketones is 1. The van der Waals surface area contributed by atoms with Crippen LogP contribution in [-0.4, -0.2) is 36.5 Å². The van der Waals surface area contributed by atoms with Gasteiger partial charge in [-0.05, 0) is 54.8 Å². The minimum Gasteiger partial charge on any atom is -0.507 e. The largest absolute Gasteiger partial charge is 0.507 e. The highest BCUT2D eigenvalue weighted by molar-refractivity contribution is 6.51. The normalized spacial score (nSPS) is 16.8. The third kappa shape index (κ3) is 4.60. The Kier molecular flexibility index (Phi) is 7.20. The van der Waals surface area contributed by atoms with Crippen LogP contribution < -0.4 is 9.64 Å². The summed E-state index contributed by atoms with van der Waals surface area (Å²) in [5, 5.41) is 11.3. The van der Waals surface area contributed by atoms with Crippen molar-refractivity contribution >= 4 is 29.1 Å². The molecule has 3 aromatic carbocycles. The van der Waals surface area contributed by atoms with Crippen LogP contribution in [0.2, 0.25) is 0 Å². The maximum Gasteiger partial charge on any atom is 0.337 e. The van der Waals surface area contributed by atoms with E-state index < -0.39 is 23.7 Å². The van der Waals surface area contributed by atoms with E-state index in [9.17, 15) is 19.5 Å². The van der Waals surface area contributed by atoms with Crippen LogP contribution in [0.5, 0.6) is 5.75 Å². The number of Topliss-reactive ketones (excluding diaryl/α,β-unsaturated/α-hetero) is 1. The Morgan fingerprint density at radius 2 is 1.64 bits per heavy atom. The Balaban J connectivity index is 1.91. The van der Waals surface area contributed by atoms with Crippen molar-refractivity contribution in [1.82, 2.24) is 0 Å². The van der Waals surface area contributed by atoms with Gasteiger partial charge in [0.25, 0.3) is 11.7 Å². The van der Waals surface area contributed by atoms with Crippen LogP contribution in [0.4, 0.5) is 5.69 Å². The number of carbonyl (C=O) groups is 3. The van der Waals surface area contributed by atoms with Gasteiger partial charge in [-0.15, -0.1) is 0 Å². The van der Waals surface area contributed by atoms with Gasteiger partial charge in [0.2, 0.25) is 0 Å². The zero-order chi connectivity index (χ0) is 25.8. The number of aliphatic hydroxyl groups excluding tert-OH is 1. The second kappa shape index (κ2) is 10.5. The molecule has 0 spiro atoms. The fourth-order valence-electron chi connectivity index (χ4n) is 4.31. The van der Waals surface area contributed by atoms with Gasteiger partial charge in [0.05, 0.1) is 30.9 Å². The first-order chi connectivity index (χ1) is 17.4. The van der Waals surface area contributed by atoms with Gasteiger partial charge in [0.15, 0.2) is 0 Å². The summed E-state index contributed by atoms with van der Waals surface area (Å²) in [6.07, 6.45) is 0.825. The Labute approximate surface area is 209 Å². The SMILES string of the molecule is CCOc1cccc(/C(O)=C2\C(=O)C(=O)N(c3cccc(C(=O)OC)c3)C2c2ccc(CC)cc2)c1. The molecular formula is C29H27NO6. The lowest BCUT2D eigenvalue weighted by Gasteiger charge is -2.26. The number of rotatable bonds is 7. The van der Waals surface area contributed by atoms with Crippen molar-refractivity contribution in [2.45, 2.75) is 26.3 Å². The first-order valence-corrected chi connectivity index (χ1v) is 11.7. The number of ether oxygens (including phenoxy) is 2. The predicted octanol–water partition coefficient (Wildman–Crippen LogP) is 5.06. The second-order valence-corrected chi connectivity index (χ2v) is 8.27. The van der Waals surface area contributed by atoms with E-state index in [0.717, 1.165) is 12.0 Å². The summed E-state index contributed by atoms with van der Waals surface area (Å²) in [7, 11) is 1.27. The molecule has 36 heavy (non-hydrogen) atoms. The molecule has 1 amide bonds. The monoisotopic (exact) mass is 485 g/mol. The Morgan fingerprint density at radius 1 is 0.944 bits per heavy atom. The van der Waals surface area contributed by atoms with Gasteiger partial charge in [0.1, 0.15) is 11.5 Å². The summed E-state index contributed by atoms with van der Waals surface area (Å²) in [5.41, 5.74) is 2.64. The molecule has 184 valence electrons. The molecule has 1 fully saturated rings. The summed E-state index contributed by atoms with van der Waals surface area (Å²) in [4.78, 5) is 40.2. The molecular weight excluding hydrogens is 458 g/mol. The topological polar surface area (TPSA) is 93.1 Å². The third-order valence-corrected chi connectivity index (χ3v) is 6.11. The van der Waals surface area contributed by atoms with Gasteiger partial charge in [-0.1, -0.05) is 49.4 Å². The zero-order valence-electron chi connectivity index (χ0n) is 20.4. The molecule has 1 aliphatic heterocycles. The Morgan fingerprint density at radius 3 is 2.31 bits per heavy atom. The Bertz CT molecular complexity index is 1340. The van der Waals surface area contributed by atoms with E-state index in [-0.39, 0.29) is 16.9 Å². The number of hydrogen-bond acceptors (Lipinski definition) is 6. The highest BCUT2D eigenvalue weighted by Gasteiger charge is 2.47. The molecule has 1 atom stereocenters. The molecule has 1 saturated heterocycles. The van der Waals surface area contributed by atoms with Gasteiger partial charge in [-0.2, -0.15) is 0 Å².